The van der Waals surface area contributed by atoms with Gasteiger partial charge in [0.15, 0.2) is 5.65 Å². The molecule has 0 saturated heterocycles. The number of hydrogen-bond acceptors (Lipinski definition) is 4. The lowest BCUT2D eigenvalue weighted by molar-refractivity contribution is -0.199. The molecule has 0 bridgehead atoms. The summed E-state index contributed by atoms with van der Waals surface area (Å²) in [5, 5.41) is 4.89. The Labute approximate surface area is 151 Å². The summed E-state index contributed by atoms with van der Waals surface area (Å²) in [6.45, 7) is 0. The monoisotopic (exact) mass is 376 g/mol. The van der Waals surface area contributed by atoms with Crippen LogP contribution in [0.1, 0.15) is 31.2 Å². The highest BCUT2D eigenvalue weighted by Crippen LogP contribution is 2.28. The van der Waals surface area contributed by atoms with Gasteiger partial charge in [-0.2, -0.15) is 23.0 Å². The first-order valence-corrected chi connectivity index (χ1v) is 8.43. The van der Waals surface area contributed by atoms with Gasteiger partial charge in [0.05, 0.1) is 11.9 Å². The maximum absolute atomic E-state index is 12.4. The van der Waals surface area contributed by atoms with Crippen molar-refractivity contribution >= 4 is 22.6 Å². The molecule has 0 amide bonds. The van der Waals surface area contributed by atoms with Gasteiger partial charge in [0.2, 0.25) is 0 Å². The molecule has 1 aliphatic rings. The average molecular weight is 376 g/mol. The Morgan fingerprint density at radius 1 is 1.22 bits per heavy atom. The number of fused-ring (bicyclic) bond motifs is 1. The maximum atomic E-state index is 12.4. The number of halogens is 3. The topological polar surface area (TPSA) is 61.9 Å². The molecule has 0 spiro atoms. The Kier molecular flexibility index (Phi) is 4.21. The molecule has 6 nitrogen and oxygen atoms in total. The standard InChI is InChI=1S/C18H15F3N4O2/c19-18(20,21)17(26)27-25-9-7-14-15(6-8-22-16(14)25)24-11-13(10-23-24)12-4-2-1-3-5-12/h4,6-11H,1-3,5H2. The summed E-state index contributed by atoms with van der Waals surface area (Å²) in [7, 11) is 0. The first kappa shape index (κ1) is 17.3. The molecule has 0 saturated carbocycles. The molecule has 0 atom stereocenters. The van der Waals surface area contributed by atoms with Crippen LogP contribution in [0.3, 0.4) is 0 Å². The van der Waals surface area contributed by atoms with Crippen molar-refractivity contribution in [3.63, 3.8) is 0 Å². The molecule has 0 unspecified atom stereocenters. The van der Waals surface area contributed by atoms with E-state index < -0.39 is 12.1 Å². The first-order chi connectivity index (χ1) is 12.9. The molecule has 9 heteroatoms. The zero-order valence-electron chi connectivity index (χ0n) is 14.1. The number of aromatic nitrogens is 4. The molecule has 0 aromatic carbocycles. The minimum atomic E-state index is -5.08. The fourth-order valence-corrected chi connectivity index (χ4v) is 3.14. The van der Waals surface area contributed by atoms with Gasteiger partial charge in [-0.25, -0.2) is 14.5 Å². The van der Waals surface area contributed by atoms with Crippen LogP contribution in [0.5, 0.6) is 0 Å². The van der Waals surface area contributed by atoms with Crippen LogP contribution in [0.4, 0.5) is 13.2 Å². The SMILES string of the molecule is O=C(On1ccc2c(-n3cc(C4=CCCCC4)cn3)ccnc21)C(F)(F)F. The molecule has 0 fully saturated rings. The highest BCUT2D eigenvalue weighted by atomic mass is 19.4. The molecule has 4 rings (SSSR count). The summed E-state index contributed by atoms with van der Waals surface area (Å²) in [6.07, 6.45) is 7.80. The molecular weight excluding hydrogens is 361 g/mol. The van der Waals surface area contributed by atoms with E-state index in [1.165, 1.54) is 30.5 Å². The summed E-state index contributed by atoms with van der Waals surface area (Å²) >= 11 is 0. The summed E-state index contributed by atoms with van der Waals surface area (Å²) < 4.78 is 39.7. The van der Waals surface area contributed by atoms with Gasteiger partial charge in [-0.05, 0) is 43.4 Å². The Morgan fingerprint density at radius 3 is 2.81 bits per heavy atom. The van der Waals surface area contributed by atoms with E-state index in [0.29, 0.717) is 15.8 Å². The molecule has 3 heterocycles. The van der Waals surface area contributed by atoms with Gasteiger partial charge in [0.1, 0.15) is 0 Å². The van der Waals surface area contributed by atoms with E-state index in [2.05, 4.69) is 21.0 Å². The van der Waals surface area contributed by atoms with Crippen LogP contribution in [0.25, 0.3) is 22.3 Å². The molecule has 0 aliphatic heterocycles. The van der Waals surface area contributed by atoms with E-state index in [9.17, 15) is 18.0 Å². The van der Waals surface area contributed by atoms with Crippen LogP contribution in [0.2, 0.25) is 0 Å². The van der Waals surface area contributed by atoms with Crippen LogP contribution >= 0.6 is 0 Å². The predicted molar refractivity (Wildman–Crippen MR) is 90.9 cm³/mol. The van der Waals surface area contributed by atoms with E-state index in [0.717, 1.165) is 24.8 Å². The number of hydrogen-bond donors (Lipinski definition) is 0. The zero-order valence-corrected chi connectivity index (χ0v) is 14.1. The Balaban J connectivity index is 1.68. The van der Waals surface area contributed by atoms with Crippen molar-refractivity contribution < 1.29 is 22.8 Å². The average Bonchev–Trinajstić information content (AvgIpc) is 3.29. The minimum Gasteiger partial charge on any atom is -0.326 e. The van der Waals surface area contributed by atoms with E-state index in [1.807, 2.05) is 6.20 Å². The van der Waals surface area contributed by atoms with Gasteiger partial charge in [0, 0.05) is 29.5 Å². The minimum absolute atomic E-state index is 0.0963. The largest absolute Gasteiger partial charge is 0.493 e. The number of allylic oxidation sites excluding steroid dienone is 2. The van der Waals surface area contributed by atoms with Gasteiger partial charge < -0.3 is 4.84 Å². The van der Waals surface area contributed by atoms with Crippen molar-refractivity contribution in [2.75, 3.05) is 0 Å². The first-order valence-electron chi connectivity index (χ1n) is 8.43. The third kappa shape index (κ3) is 3.32. The van der Waals surface area contributed by atoms with Crippen LogP contribution < -0.4 is 4.84 Å². The van der Waals surface area contributed by atoms with Crippen molar-refractivity contribution in [2.45, 2.75) is 31.9 Å². The second-order valence-electron chi connectivity index (χ2n) is 6.23. The van der Waals surface area contributed by atoms with Crippen molar-refractivity contribution in [3.05, 3.63) is 48.6 Å². The Morgan fingerprint density at radius 2 is 2.07 bits per heavy atom. The quantitative estimate of drug-likeness (QED) is 0.699. The highest BCUT2D eigenvalue weighted by Gasteiger charge is 2.42. The van der Waals surface area contributed by atoms with Gasteiger partial charge in [-0.15, -0.1) is 0 Å². The van der Waals surface area contributed by atoms with E-state index in [-0.39, 0.29) is 5.65 Å². The van der Waals surface area contributed by atoms with Gasteiger partial charge >= 0.3 is 12.1 Å². The van der Waals surface area contributed by atoms with Crippen LogP contribution in [0, 0.1) is 0 Å². The number of carbonyl (C=O) groups is 1. The molecule has 0 N–H and O–H groups in total. The number of carbonyl (C=O) groups excluding carboxylic acids is 1. The molecule has 1 aliphatic carbocycles. The summed E-state index contributed by atoms with van der Waals surface area (Å²) in [5.41, 5.74) is 2.99. The van der Waals surface area contributed by atoms with Gasteiger partial charge in [0.25, 0.3) is 0 Å². The van der Waals surface area contributed by atoms with Crippen molar-refractivity contribution in [1.82, 2.24) is 19.5 Å². The van der Waals surface area contributed by atoms with E-state index in [4.69, 9.17) is 0 Å². The van der Waals surface area contributed by atoms with Crippen molar-refractivity contribution in [3.8, 4) is 5.69 Å². The molecular formula is C18H15F3N4O2. The fourth-order valence-electron chi connectivity index (χ4n) is 3.14. The fraction of sp³-hybridized carbons (Fsp3) is 0.278. The summed E-state index contributed by atoms with van der Waals surface area (Å²) in [4.78, 5) is 19.5. The third-order valence-electron chi connectivity index (χ3n) is 4.44. The Hall–Kier alpha value is -3.10. The zero-order chi connectivity index (χ0) is 19.0. The summed E-state index contributed by atoms with van der Waals surface area (Å²) in [5.74, 6) is -2.31. The second kappa shape index (κ2) is 6.57. The van der Waals surface area contributed by atoms with Crippen LogP contribution in [-0.2, 0) is 4.79 Å². The number of rotatable bonds is 3. The highest BCUT2D eigenvalue weighted by molar-refractivity contribution is 5.86. The molecule has 3 aromatic rings. The number of nitrogens with zero attached hydrogens (tertiary/aromatic N) is 4. The van der Waals surface area contributed by atoms with Crippen LogP contribution in [-0.4, -0.2) is 31.6 Å². The van der Waals surface area contributed by atoms with Gasteiger partial charge in [-0.1, -0.05) is 6.08 Å². The molecule has 0 radical (unpaired) electrons. The van der Waals surface area contributed by atoms with Gasteiger partial charge in [-0.3, -0.25) is 0 Å². The lowest BCUT2D eigenvalue weighted by atomic mass is 9.96. The normalized spacial score (nSPS) is 15.0. The molecule has 3 aromatic heterocycles. The van der Waals surface area contributed by atoms with E-state index >= 15 is 0 Å². The predicted octanol–water partition coefficient (Wildman–Crippen LogP) is 3.70. The molecule has 27 heavy (non-hydrogen) atoms. The van der Waals surface area contributed by atoms with E-state index in [1.54, 1.807) is 16.9 Å². The molecule has 140 valence electrons. The maximum Gasteiger partial charge on any atom is 0.493 e. The third-order valence-corrected chi connectivity index (χ3v) is 4.44. The lowest BCUT2D eigenvalue weighted by Gasteiger charge is -2.10. The van der Waals surface area contributed by atoms with Crippen molar-refractivity contribution in [2.24, 2.45) is 0 Å². The number of alkyl halides is 3. The Bertz CT molecular complexity index is 1030. The van der Waals surface area contributed by atoms with Crippen molar-refractivity contribution in [1.29, 1.82) is 0 Å². The summed E-state index contributed by atoms with van der Waals surface area (Å²) in [6, 6.07) is 3.23. The number of pyridine rings is 1. The lowest BCUT2D eigenvalue weighted by Crippen LogP contribution is -2.33. The smallest absolute Gasteiger partial charge is 0.326 e. The van der Waals surface area contributed by atoms with Crippen LogP contribution in [0.15, 0.2) is 43.0 Å². The second-order valence-corrected chi connectivity index (χ2v) is 6.23.